The number of nitrogens with one attached hydrogen (secondary N) is 2. The number of fused-ring (bicyclic) bond motifs is 2. The SMILES string of the molecule is O=C(CCCCC(=O)N/N=C1\C[C@@H]2C=CC[C@@H]12)N/N=C1/C[C@@H]2C=CC[C@H]12. The van der Waals surface area contributed by atoms with E-state index in [9.17, 15) is 9.59 Å². The summed E-state index contributed by atoms with van der Waals surface area (Å²) in [6, 6.07) is 0. The van der Waals surface area contributed by atoms with Crippen molar-refractivity contribution in [3.8, 4) is 0 Å². The highest BCUT2D eigenvalue weighted by Gasteiger charge is 2.38. The van der Waals surface area contributed by atoms with E-state index in [1.807, 2.05) is 0 Å². The Balaban J connectivity index is 1.06. The second-order valence-corrected chi connectivity index (χ2v) is 7.76. The summed E-state index contributed by atoms with van der Waals surface area (Å²) in [4.78, 5) is 23.7. The molecule has 4 aliphatic carbocycles. The van der Waals surface area contributed by atoms with E-state index < -0.39 is 0 Å². The average Bonchev–Trinajstić information content (AvgIpc) is 3.15. The highest BCUT2D eigenvalue weighted by atomic mass is 16.2. The first kappa shape index (κ1) is 17.2. The van der Waals surface area contributed by atoms with Crippen molar-refractivity contribution in [1.82, 2.24) is 10.9 Å². The fourth-order valence-corrected chi connectivity index (χ4v) is 4.28. The van der Waals surface area contributed by atoms with Crippen molar-refractivity contribution in [2.24, 2.45) is 33.9 Å². The van der Waals surface area contributed by atoms with Crippen LogP contribution in [0, 0.1) is 23.7 Å². The summed E-state index contributed by atoms with van der Waals surface area (Å²) < 4.78 is 0. The standard InChI is InChI=1S/C20H26N4O2/c25-19(23-21-17-11-13-5-3-7-15(13)17)9-1-2-10-20(26)24-22-18-12-14-6-4-8-16(14)18/h3-6,13-16H,1-2,7-12H2,(H,23,25)(H,24,26)/b21-17-,22-18+/t13-,14-,15-,16+/m0/s1. The third kappa shape index (κ3) is 3.64. The van der Waals surface area contributed by atoms with Crippen molar-refractivity contribution in [2.75, 3.05) is 0 Å². The lowest BCUT2D eigenvalue weighted by Crippen LogP contribution is -2.35. The summed E-state index contributed by atoms with van der Waals surface area (Å²) in [7, 11) is 0. The molecule has 0 heterocycles. The van der Waals surface area contributed by atoms with Crippen LogP contribution in [0.1, 0.15) is 51.4 Å². The third-order valence-electron chi connectivity index (χ3n) is 6.03. The van der Waals surface area contributed by atoms with E-state index in [4.69, 9.17) is 0 Å². The van der Waals surface area contributed by atoms with Gasteiger partial charge in [-0.1, -0.05) is 24.3 Å². The normalized spacial score (nSPS) is 33.5. The van der Waals surface area contributed by atoms with E-state index in [-0.39, 0.29) is 11.8 Å². The van der Waals surface area contributed by atoms with E-state index in [0.717, 1.165) is 37.1 Å². The first-order valence-corrected chi connectivity index (χ1v) is 9.74. The second-order valence-electron chi connectivity index (χ2n) is 7.76. The van der Waals surface area contributed by atoms with Gasteiger partial charge in [0.1, 0.15) is 0 Å². The molecule has 4 aliphatic rings. The number of rotatable bonds is 7. The molecule has 2 fully saturated rings. The van der Waals surface area contributed by atoms with Crippen LogP contribution in [0.15, 0.2) is 34.5 Å². The Labute approximate surface area is 153 Å². The fraction of sp³-hybridized carbons (Fsp3) is 0.600. The molecule has 2 N–H and O–H groups in total. The quantitative estimate of drug-likeness (QED) is 0.419. The van der Waals surface area contributed by atoms with Crippen LogP contribution in [0.2, 0.25) is 0 Å². The molecule has 4 atom stereocenters. The van der Waals surface area contributed by atoms with E-state index in [1.165, 1.54) is 0 Å². The molecule has 0 aromatic rings. The maximum atomic E-state index is 11.8. The second kappa shape index (κ2) is 7.56. The number of amides is 2. The molecule has 26 heavy (non-hydrogen) atoms. The van der Waals surface area contributed by atoms with Gasteiger partial charge in [0.25, 0.3) is 0 Å². The van der Waals surface area contributed by atoms with Crippen LogP contribution in [-0.2, 0) is 9.59 Å². The van der Waals surface area contributed by atoms with Crippen LogP contribution in [0.4, 0.5) is 0 Å². The largest absolute Gasteiger partial charge is 0.273 e. The molecule has 0 bridgehead atoms. The van der Waals surface area contributed by atoms with Crippen molar-refractivity contribution in [3.05, 3.63) is 24.3 Å². The van der Waals surface area contributed by atoms with E-state index in [1.54, 1.807) is 0 Å². The van der Waals surface area contributed by atoms with Crippen molar-refractivity contribution in [2.45, 2.75) is 51.4 Å². The highest BCUT2D eigenvalue weighted by Crippen LogP contribution is 2.40. The molecule has 0 aromatic carbocycles. The van der Waals surface area contributed by atoms with Gasteiger partial charge in [0.05, 0.1) is 0 Å². The van der Waals surface area contributed by atoms with Crippen molar-refractivity contribution >= 4 is 23.2 Å². The summed E-state index contributed by atoms with van der Waals surface area (Å²) in [6.07, 6.45) is 15.1. The molecule has 2 saturated carbocycles. The van der Waals surface area contributed by atoms with E-state index in [2.05, 4.69) is 45.4 Å². The topological polar surface area (TPSA) is 82.9 Å². The maximum Gasteiger partial charge on any atom is 0.240 e. The average molecular weight is 354 g/mol. The van der Waals surface area contributed by atoms with Gasteiger partial charge in [0.15, 0.2) is 0 Å². The van der Waals surface area contributed by atoms with Gasteiger partial charge in [-0.3, -0.25) is 9.59 Å². The fourth-order valence-electron chi connectivity index (χ4n) is 4.28. The van der Waals surface area contributed by atoms with Gasteiger partial charge >= 0.3 is 0 Å². The first-order chi connectivity index (χ1) is 12.7. The lowest BCUT2D eigenvalue weighted by Gasteiger charge is -2.31. The number of hydrogen-bond acceptors (Lipinski definition) is 4. The minimum Gasteiger partial charge on any atom is -0.273 e. The Morgan fingerprint density at radius 2 is 1.31 bits per heavy atom. The van der Waals surface area contributed by atoms with Crippen LogP contribution in [-0.4, -0.2) is 23.2 Å². The molecule has 0 radical (unpaired) electrons. The van der Waals surface area contributed by atoms with Gasteiger partial charge in [-0.15, -0.1) is 0 Å². The Morgan fingerprint density at radius 3 is 1.73 bits per heavy atom. The molecule has 0 aliphatic heterocycles. The molecule has 0 unspecified atom stereocenters. The molecule has 2 amide bonds. The number of carbonyl (C=O) groups excluding carboxylic acids is 2. The van der Waals surface area contributed by atoms with Gasteiger partial charge in [0, 0.05) is 36.1 Å². The van der Waals surface area contributed by atoms with Gasteiger partial charge < -0.3 is 0 Å². The van der Waals surface area contributed by atoms with Crippen molar-refractivity contribution < 1.29 is 9.59 Å². The van der Waals surface area contributed by atoms with Gasteiger partial charge in [-0.05, 0) is 50.4 Å². The highest BCUT2D eigenvalue weighted by molar-refractivity contribution is 5.95. The zero-order chi connectivity index (χ0) is 17.9. The van der Waals surface area contributed by atoms with Crippen molar-refractivity contribution in [1.29, 1.82) is 0 Å². The van der Waals surface area contributed by atoms with Crippen LogP contribution in [0.3, 0.4) is 0 Å². The molecule has 0 aromatic heterocycles. The molecule has 6 heteroatoms. The lowest BCUT2D eigenvalue weighted by atomic mass is 9.74. The molecule has 0 saturated heterocycles. The lowest BCUT2D eigenvalue weighted by molar-refractivity contribution is -0.123. The van der Waals surface area contributed by atoms with Gasteiger partial charge in [-0.2, -0.15) is 10.2 Å². The summed E-state index contributed by atoms with van der Waals surface area (Å²) in [5.41, 5.74) is 7.54. The van der Waals surface area contributed by atoms with Gasteiger partial charge in [0.2, 0.25) is 11.8 Å². The number of hydrogen-bond donors (Lipinski definition) is 2. The Morgan fingerprint density at radius 1 is 0.846 bits per heavy atom. The number of nitrogens with zero attached hydrogens (tertiary/aromatic N) is 2. The number of carbonyl (C=O) groups is 2. The summed E-state index contributed by atoms with van der Waals surface area (Å²) in [5, 5.41) is 8.50. The van der Waals surface area contributed by atoms with Gasteiger partial charge in [-0.25, -0.2) is 10.9 Å². The summed E-state index contributed by atoms with van der Waals surface area (Å²) in [6.45, 7) is 0. The first-order valence-electron chi connectivity index (χ1n) is 9.74. The number of hydrazone groups is 2. The number of unbranched alkanes of at least 4 members (excludes halogenated alkanes) is 1. The predicted molar refractivity (Wildman–Crippen MR) is 100 cm³/mol. The summed E-state index contributed by atoms with van der Waals surface area (Å²) >= 11 is 0. The predicted octanol–water partition coefficient (Wildman–Crippen LogP) is 2.68. The Bertz CT molecular complexity index is 647. The van der Waals surface area contributed by atoms with Crippen molar-refractivity contribution in [3.63, 3.8) is 0 Å². The van der Waals surface area contributed by atoms with E-state index >= 15 is 0 Å². The monoisotopic (exact) mass is 354 g/mol. The molecule has 0 spiro atoms. The van der Waals surface area contributed by atoms with Crippen LogP contribution < -0.4 is 10.9 Å². The van der Waals surface area contributed by atoms with Crippen LogP contribution in [0.5, 0.6) is 0 Å². The molecular weight excluding hydrogens is 328 g/mol. The minimum atomic E-state index is -0.0678. The third-order valence-corrected chi connectivity index (χ3v) is 6.03. The maximum absolute atomic E-state index is 11.8. The van der Waals surface area contributed by atoms with E-state index in [0.29, 0.717) is 49.4 Å². The molecule has 138 valence electrons. The molecule has 6 nitrogen and oxygen atoms in total. The minimum absolute atomic E-state index is 0.0678. The Hall–Kier alpha value is -2.24. The zero-order valence-corrected chi connectivity index (χ0v) is 15.0. The smallest absolute Gasteiger partial charge is 0.240 e. The Kier molecular flexibility index (Phi) is 5.00. The molecule has 4 rings (SSSR count). The summed E-state index contributed by atoms with van der Waals surface area (Å²) in [5.74, 6) is 2.19. The van der Waals surface area contributed by atoms with Crippen LogP contribution >= 0.6 is 0 Å². The number of allylic oxidation sites excluding steroid dienone is 4. The zero-order valence-electron chi connectivity index (χ0n) is 15.0. The molecular formula is C20H26N4O2. The van der Waals surface area contributed by atoms with Crippen LogP contribution in [0.25, 0.3) is 0 Å².